The average molecular weight is 445 g/mol. The highest BCUT2D eigenvalue weighted by molar-refractivity contribution is 5.94. The molecule has 0 rings (SSSR count). The molecule has 0 radical (unpaired) electrons. The smallest absolute Gasteiger partial charge is 0.325 e. The second-order valence-corrected chi connectivity index (χ2v) is 7.40. The molecule has 0 saturated heterocycles. The van der Waals surface area contributed by atoms with Crippen molar-refractivity contribution in [3.63, 3.8) is 0 Å². The van der Waals surface area contributed by atoms with E-state index in [1.807, 2.05) is 0 Å². The summed E-state index contributed by atoms with van der Waals surface area (Å²) in [5.41, 5.74) is 10.7. The van der Waals surface area contributed by atoms with Gasteiger partial charge in [-0.1, -0.05) is 13.8 Å². The Bertz CT molecular complexity index is 696. The molecule has 0 aliphatic heterocycles. The van der Waals surface area contributed by atoms with Crippen LogP contribution < -0.4 is 27.4 Å². The highest BCUT2D eigenvalue weighted by atomic mass is 16.4. The molecule has 0 heterocycles. The largest absolute Gasteiger partial charge is 0.481 e. The van der Waals surface area contributed by atoms with E-state index in [9.17, 15) is 28.8 Å². The van der Waals surface area contributed by atoms with Crippen LogP contribution in [0.15, 0.2) is 0 Å². The SMILES string of the molecule is CC(NC(=O)C(CCC(=O)O)NC(=O)C(NC(=O)C(N)CCC(N)=O)C(C)C)C(=O)O. The van der Waals surface area contributed by atoms with Crippen molar-refractivity contribution in [1.82, 2.24) is 16.0 Å². The summed E-state index contributed by atoms with van der Waals surface area (Å²) in [4.78, 5) is 69.9. The van der Waals surface area contributed by atoms with Crippen molar-refractivity contribution >= 4 is 35.6 Å². The van der Waals surface area contributed by atoms with Crippen LogP contribution >= 0.6 is 0 Å². The minimum Gasteiger partial charge on any atom is -0.481 e. The molecule has 176 valence electrons. The van der Waals surface area contributed by atoms with Crippen molar-refractivity contribution in [1.29, 1.82) is 0 Å². The monoisotopic (exact) mass is 445 g/mol. The predicted molar refractivity (Wildman–Crippen MR) is 107 cm³/mol. The number of nitrogens with two attached hydrogens (primary N) is 2. The second kappa shape index (κ2) is 13.2. The standard InChI is InChI=1S/C18H31N5O8/c1-8(2)14(23-15(27)10(19)4-6-12(20)24)17(29)22-11(5-7-13(25)26)16(28)21-9(3)18(30)31/h8-11,14H,4-7,19H2,1-3H3,(H2,20,24)(H,21,28)(H,22,29)(H,23,27)(H,25,26)(H,30,31). The van der Waals surface area contributed by atoms with Gasteiger partial charge in [-0.25, -0.2) is 0 Å². The Morgan fingerprint density at radius 1 is 0.806 bits per heavy atom. The van der Waals surface area contributed by atoms with Crippen molar-refractivity contribution in [2.45, 2.75) is 70.6 Å². The molecule has 0 aromatic heterocycles. The number of carbonyl (C=O) groups is 6. The minimum absolute atomic E-state index is 0.0235. The maximum absolute atomic E-state index is 12.7. The molecule has 4 amide bonds. The zero-order valence-corrected chi connectivity index (χ0v) is 17.7. The molecule has 13 nitrogen and oxygen atoms in total. The van der Waals surface area contributed by atoms with Gasteiger partial charge in [0, 0.05) is 12.8 Å². The first kappa shape index (κ1) is 27.8. The van der Waals surface area contributed by atoms with Crippen LogP contribution in [-0.2, 0) is 28.8 Å². The molecule has 0 aliphatic carbocycles. The Kier molecular flexibility index (Phi) is 11.8. The predicted octanol–water partition coefficient (Wildman–Crippen LogP) is -2.34. The lowest BCUT2D eigenvalue weighted by Crippen LogP contribution is -2.58. The van der Waals surface area contributed by atoms with E-state index < -0.39 is 72.1 Å². The van der Waals surface area contributed by atoms with E-state index in [0.29, 0.717) is 0 Å². The van der Waals surface area contributed by atoms with Crippen LogP contribution in [0.4, 0.5) is 0 Å². The molecular formula is C18H31N5O8. The summed E-state index contributed by atoms with van der Waals surface area (Å²) in [5, 5.41) is 24.8. The quantitative estimate of drug-likeness (QED) is 0.151. The Balaban J connectivity index is 5.29. The molecular weight excluding hydrogens is 414 g/mol. The lowest BCUT2D eigenvalue weighted by atomic mass is 10.0. The average Bonchev–Trinajstić information content (AvgIpc) is 2.65. The fraction of sp³-hybridized carbons (Fsp3) is 0.667. The van der Waals surface area contributed by atoms with E-state index >= 15 is 0 Å². The minimum atomic E-state index is -1.34. The summed E-state index contributed by atoms with van der Waals surface area (Å²) < 4.78 is 0. The summed E-state index contributed by atoms with van der Waals surface area (Å²) >= 11 is 0. The van der Waals surface area contributed by atoms with Crippen molar-refractivity contribution in [2.75, 3.05) is 0 Å². The third kappa shape index (κ3) is 10.9. The number of hydrogen-bond donors (Lipinski definition) is 7. The van der Waals surface area contributed by atoms with Gasteiger partial charge in [-0.3, -0.25) is 28.8 Å². The van der Waals surface area contributed by atoms with Crippen molar-refractivity contribution in [2.24, 2.45) is 17.4 Å². The van der Waals surface area contributed by atoms with Gasteiger partial charge in [-0.05, 0) is 25.7 Å². The Labute approximate surface area is 179 Å². The normalized spacial score (nSPS) is 14.6. The van der Waals surface area contributed by atoms with Gasteiger partial charge in [0.25, 0.3) is 0 Å². The van der Waals surface area contributed by atoms with Crippen LogP contribution in [0.2, 0.25) is 0 Å². The number of aliphatic carboxylic acids is 2. The lowest BCUT2D eigenvalue weighted by molar-refractivity contribution is -0.142. The Morgan fingerprint density at radius 2 is 1.39 bits per heavy atom. The summed E-state index contributed by atoms with van der Waals surface area (Å²) in [5.74, 6) is -5.96. The first-order chi connectivity index (χ1) is 14.3. The molecule has 0 aromatic rings. The van der Waals surface area contributed by atoms with Gasteiger partial charge >= 0.3 is 11.9 Å². The van der Waals surface area contributed by atoms with Crippen LogP contribution in [0, 0.1) is 5.92 Å². The van der Waals surface area contributed by atoms with Gasteiger partial charge in [-0.15, -0.1) is 0 Å². The molecule has 31 heavy (non-hydrogen) atoms. The fourth-order valence-electron chi connectivity index (χ4n) is 2.40. The first-order valence-corrected chi connectivity index (χ1v) is 9.65. The zero-order chi connectivity index (χ0) is 24.3. The number of nitrogens with one attached hydrogen (secondary N) is 3. The third-order valence-electron chi connectivity index (χ3n) is 4.29. The molecule has 4 atom stereocenters. The zero-order valence-electron chi connectivity index (χ0n) is 17.7. The molecule has 4 unspecified atom stereocenters. The fourth-order valence-corrected chi connectivity index (χ4v) is 2.40. The number of primary amides is 1. The van der Waals surface area contributed by atoms with Crippen LogP contribution in [0.25, 0.3) is 0 Å². The summed E-state index contributed by atoms with van der Waals surface area (Å²) in [6.07, 6.45) is -0.900. The van der Waals surface area contributed by atoms with Gasteiger partial charge < -0.3 is 37.6 Å². The molecule has 0 aliphatic rings. The summed E-state index contributed by atoms with van der Waals surface area (Å²) in [6.45, 7) is 4.46. The molecule has 13 heteroatoms. The maximum Gasteiger partial charge on any atom is 0.325 e. The third-order valence-corrected chi connectivity index (χ3v) is 4.29. The number of carboxylic acids is 2. The Hall–Kier alpha value is -3.22. The maximum atomic E-state index is 12.7. The molecule has 0 fully saturated rings. The van der Waals surface area contributed by atoms with Crippen molar-refractivity contribution < 1.29 is 39.0 Å². The van der Waals surface area contributed by atoms with Crippen LogP contribution in [0.1, 0.15) is 46.5 Å². The lowest BCUT2D eigenvalue weighted by Gasteiger charge is -2.26. The molecule has 0 saturated carbocycles. The van der Waals surface area contributed by atoms with E-state index in [0.717, 1.165) is 0 Å². The van der Waals surface area contributed by atoms with Gasteiger partial charge in [0.2, 0.25) is 23.6 Å². The van der Waals surface area contributed by atoms with Crippen molar-refractivity contribution in [3.8, 4) is 0 Å². The van der Waals surface area contributed by atoms with Crippen molar-refractivity contribution in [3.05, 3.63) is 0 Å². The van der Waals surface area contributed by atoms with Gasteiger partial charge in [-0.2, -0.15) is 0 Å². The van der Waals surface area contributed by atoms with E-state index in [1.165, 1.54) is 6.92 Å². The summed E-state index contributed by atoms with van der Waals surface area (Å²) in [6, 6.07) is -4.82. The molecule has 0 bridgehead atoms. The summed E-state index contributed by atoms with van der Waals surface area (Å²) in [7, 11) is 0. The first-order valence-electron chi connectivity index (χ1n) is 9.65. The number of hydrogen-bond acceptors (Lipinski definition) is 7. The van der Waals surface area contributed by atoms with E-state index in [-0.39, 0.29) is 19.3 Å². The molecule has 0 aromatic carbocycles. The van der Waals surface area contributed by atoms with E-state index in [4.69, 9.17) is 21.7 Å². The Morgan fingerprint density at radius 3 is 1.84 bits per heavy atom. The van der Waals surface area contributed by atoms with Crippen LogP contribution in [-0.4, -0.2) is 69.9 Å². The van der Waals surface area contributed by atoms with E-state index in [2.05, 4.69) is 16.0 Å². The topological polar surface area (TPSA) is 231 Å². The van der Waals surface area contributed by atoms with Gasteiger partial charge in [0.05, 0.1) is 6.04 Å². The van der Waals surface area contributed by atoms with E-state index in [1.54, 1.807) is 13.8 Å². The highest BCUT2D eigenvalue weighted by Crippen LogP contribution is 2.06. The number of amides is 4. The van der Waals surface area contributed by atoms with Gasteiger partial charge in [0.1, 0.15) is 18.1 Å². The number of carboxylic acid groups (broad SMARTS) is 2. The van der Waals surface area contributed by atoms with Crippen LogP contribution in [0.5, 0.6) is 0 Å². The molecule has 9 N–H and O–H groups in total. The van der Waals surface area contributed by atoms with Gasteiger partial charge in [0.15, 0.2) is 0 Å². The second-order valence-electron chi connectivity index (χ2n) is 7.40. The number of carbonyl (C=O) groups excluding carboxylic acids is 4. The highest BCUT2D eigenvalue weighted by Gasteiger charge is 2.31. The van der Waals surface area contributed by atoms with Crippen LogP contribution in [0.3, 0.4) is 0 Å². The molecule has 0 spiro atoms. The number of rotatable bonds is 14.